The van der Waals surface area contributed by atoms with E-state index in [9.17, 15) is 18.4 Å². The molecule has 184 valence electrons. The number of likely N-dealkylation sites (tertiary alicyclic amines) is 1. The Balaban J connectivity index is 1.41. The van der Waals surface area contributed by atoms with Crippen molar-refractivity contribution in [2.45, 2.75) is 37.8 Å². The molecular formula is C24H26F2N6O3. The molecule has 2 atom stereocenters. The molecule has 0 radical (unpaired) electrons. The number of halogens is 2. The Labute approximate surface area is 200 Å². The molecule has 2 unspecified atom stereocenters. The van der Waals surface area contributed by atoms with Gasteiger partial charge >= 0.3 is 0 Å². The van der Waals surface area contributed by atoms with Crippen LogP contribution in [-0.4, -0.2) is 50.8 Å². The molecule has 1 saturated heterocycles. The number of para-hydroxylation sites is 1. The quantitative estimate of drug-likeness (QED) is 0.471. The summed E-state index contributed by atoms with van der Waals surface area (Å²) in [5.74, 6) is -3.50. The molecule has 3 heterocycles. The first-order valence-corrected chi connectivity index (χ1v) is 11.2. The second-order valence-electron chi connectivity index (χ2n) is 8.37. The van der Waals surface area contributed by atoms with E-state index in [1.54, 1.807) is 24.0 Å². The number of carbonyl (C=O) groups is 1. The van der Waals surface area contributed by atoms with Gasteiger partial charge in [0.1, 0.15) is 5.75 Å². The standard InChI is InChI=1S/C24H26F2N6O3/c1-15(22(33)31-20-12-29-21(13-28-20)35-18-5-3-2-4-6-18)32-8-7-24(25,26)19(14-32)17-9-16(10-27)23(34)30-11-17/h2-6,9,11-13,15,19H,7-8,10,14,27H2,1H3,(H,30,34)(H,28,31,33). The lowest BCUT2D eigenvalue weighted by Gasteiger charge is -2.40. The summed E-state index contributed by atoms with van der Waals surface area (Å²) in [6.07, 6.45) is 3.63. The Morgan fingerprint density at radius 1 is 1.31 bits per heavy atom. The highest BCUT2D eigenvalue weighted by atomic mass is 19.3. The minimum absolute atomic E-state index is 0.0424. The van der Waals surface area contributed by atoms with Crippen molar-refractivity contribution in [1.29, 1.82) is 0 Å². The minimum atomic E-state index is -2.99. The minimum Gasteiger partial charge on any atom is -0.438 e. The molecule has 9 nitrogen and oxygen atoms in total. The van der Waals surface area contributed by atoms with Gasteiger partial charge in [-0.2, -0.15) is 0 Å². The van der Waals surface area contributed by atoms with Gasteiger partial charge in [0.15, 0.2) is 5.82 Å². The number of H-pyrrole nitrogens is 1. The van der Waals surface area contributed by atoms with Gasteiger partial charge in [-0.1, -0.05) is 18.2 Å². The molecule has 1 aliphatic rings. The molecular weight excluding hydrogens is 458 g/mol. The van der Waals surface area contributed by atoms with Crippen LogP contribution in [0.25, 0.3) is 0 Å². The number of nitrogens with one attached hydrogen (secondary N) is 2. The van der Waals surface area contributed by atoms with E-state index in [2.05, 4.69) is 20.3 Å². The molecule has 1 amide bonds. The largest absolute Gasteiger partial charge is 0.438 e. The summed E-state index contributed by atoms with van der Waals surface area (Å²) in [6.45, 7) is 1.57. The lowest BCUT2D eigenvalue weighted by Crippen LogP contribution is -2.52. The number of nitrogens with two attached hydrogens (primary N) is 1. The predicted molar refractivity (Wildman–Crippen MR) is 125 cm³/mol. The molecule has 4 rings (SSSR count). The summed E-state index contributed by atoms with van der Waals surface area (Å²) in [6, 6.07) is 9.79. The Morgan fingerprint density at radius 3 is 2.77 bits per heavy atom. The molecule has 0 spiro atoms. The summed E-state index contributed by atoms with van der Waals surface area (Å²) < 4.78 is 35.2. The first kappa shape index (κ1) is 24.4. The molecule has 2 aromatic heterocycles. The number of alkyl halides is 2. The van der Waals surface area contributed by atoms with E-state index in [0.717, 1.165) is 0 Å². The second-order valence-corrected chi connectivity index (χ2v) is 8.37. The van der Waals surface area contributed by atoms with E-state index in [1.165, 1.54) is 24.7 Å². The molecule has 4 N–H and O–H groups in total. The average molecular weight is 485 g/mol. The highest BCUT2D eigenvalue weighted by molar-refractivity contribution is 5.93. The maximum Gasteiger partial charge on any atom is 0.257 e. The zero-order chi connectivity index (χ0) is 25.0. The van der Waals surface area contributed by atoms with Gasteiger partial charge in [-0.25, -0.2) is 18.7 Å². The van der Waals surface area contributed by atoms with Crippen molar-refractivity contribution in [3.63, 3.8) is 0 Å². The number of benzene rings is 1. The first-order chi connectivity index (χ1) is 16.8. The monoisotopic (exact) mass is 484 g/mol. The fourth-order valence-corrected chi connectivity index (χ4v) is 3.97. The fourth-order valence-electron chi connectivity index (χ4n) is 3.97. The SMILES string of the molecule is CC(C(=O)Nc1cnc(Oc2ccccc2)cn1)N1CCC(F)(F)C(c2c[nH]c(=O)c(CN)c2)C1. The Kier molecular flexibility index (Phi) is 7.17. The first-order valence-electron chi connectivity index (χ1n) is 11.2. The van der Waals surface area contributed by atoms with Gasteiger partial charge in [0.25, 0.3) is 11.5 Å². The predicted octanol–water partition coefficient (Wildman–Crippen LogP) is 2.87. The van der Waals surface area contributed by atoms with E-state index < -0.39 is 35.8 Å². The number of hydrogen-bond acceptors (Lipinski definition) is 7. The molecule has 35 heavy (non-hydrogen) atoms. The number of aromatic amines is 1. The van der Waals surface area contributed by atoms with Gasteiger partial charge in [0.05, 0.1) is 24.4 Å². The van der Waals surface area contributed by atoms with E-state index in [0.29, 0.717) is 5.75 Å². The summed E-state index contributed by atoms with van der Waals surface area (Å²) in [4.78, 5) is 37.1. The number of hydrogen-bond donors (Lipinski definition) is 3. The zero-order valence-electron chi connectivity index (χ0n) is 19.1. The van der Waals surface area contributed by atoms with Crippen LogP contribution in [0, 0.1) is 0 Å². The fraction of sp³-hybridized carbons (Fsp3) is 0.333. The summed E-state index contributed by atoms with van der Waals surface area (Å²) >= 11 is 0. The molecule has 0 saturated carbocycles. The maximum atomic E-state index is 14.8. The van der Waals surface area contributed by atoms with Crippen LogP contribution in [0.1, 0.15) is 30.4 Å². The van der Waals surface area contributed by atoms with Crippen LogP contribution in [-0.2, 0) is 11.3 Å². The van der Waals surface area contributed by atoms with Crippen LogP contribution >= 0.6 is 0 Å². The van der Waals surface area contributed by atoms with Crippen molar-refractivity contribution < 1.29 is 18.3 Å². The van der Waals surface area contributed by atoms with Crippen LogP contribution in [0.3, 0.4) is 0 Å². The lowest BCUT2D eigenvalue weighted by molar-refractivity contribution is -0.125. The van der Waals surface area contributed by atoms with Crippen molar-refractivity contribution in [3.8, 4) is 11.6 Å². The zero-order valence-corrected chi connectivity index (χ0v) is 19.1. The van der Waals surface area contributed by atoms with Crippen LogP contribution in [0.2, 0.25) is 0 Å². The van der Waals surface area contributed by atoms with Gasteiger partial charge in [-0.05, 0) is 30.7 Å². The van der Waals surface area contributed by atoms with Crippen molar-refractivity contribution in [3.05, 3.63) is 76.5 Å². The Bertz CT molecular complexity index is 1220. The van der Waals surface area contributed by atoms with Crippen LogP contribution in [0.5, 0.6) is 11.6 Å². The van der Waals surface area contributed by atoms with Crippen molar-refractivity contribution >= 4 is 11.7 Å². The van der Waals surface area contributed by atoms with E-state index in [-0.39, 0.29) is 42.5 Å². The van der Waals surface area contributed by atoms with E-state index >= 15 is 0 Å². The average Bonchev–Trinajstić information content (AvgIpc) is 2.86. The van der Waals surface area contributed by atoms with Crippen LogP contribution in [0.15, 0.2) is 59.8 Å². The van der Waals surface area contributed by atoms with Crippen molar-refractivity contribution in [1.82, 2.24) is 19.9 Å². The van der Waals surface area contributed by atoms with Gasteiger partial charge in [-0.15, -0.1) is 0 Å². The molecule has 3 aromatic rings. The number of nitrogens with zero attached hydrogens (tertiary/aromatic N) is 3. The molecule has 0 bridgehead atoms. The smallest absolute Gasteiger partial charge is 0.257 e. The van der Waals surface area contributed by atoms with Crippen molar-refractivity contribution in [2.24, 2.45) is 5.73 Å². The number of rotatable bonds is 7. The third kappa shape index (κ3) is 5.69. The highest BCUT2D eigenvalue weighted by Gasteiger charge is 2.46. The lowest BCUT2D eigenvalue weighted by atomic mass is 9.86. The topological polar surface area (TPSA) is 126 Å². The van der Waals surface area contributed by atoms with Crippen LogP contribution in [0.4, 0.5) is 14.6 Å². The second kappa shape index (κ2) is 10.3. The van der Waals surface area contributed by atoms with E-state index in [4.69, 9.17) is 10.5 Å². The third-order valence-electron chi connectivity index (χ3n) is 6.06. The number of pyridine rings is 1. The normalized spacial score (nSPS) is 18.6. The van der Waals surface area contributed by atoms with Gasteiger partial charge in [0.2, 0.25) is 11.8 Å². The van der Waals surface area contributed by atoms with Gasteiger partial charge in [0, 0.05) is 37.8 Å². The number of piperidine rings is 1. The molecule has 1 aromatic carbocycles. The highest BCUT2D eigenvalue weighted by Crippen LogP contribution is 2.40. The summed E-state index contributed by atoms with van der Waals surface area (Å²) in [7, 11) is 0. The summed E-state index contributed by atoms with van der Waals surface area (Å²) in [5, 5.41) is 2.67. The number of carbonyl (C=O) groups excluding carboxylic acids is 1. The molecule has 1 aliphatic heterocycles. The number of aromatic nitrogens is 3. The van der Waals surface area contributed by atoms with Crippen molar-refractivity contribution in [2.75, 3.05) is 18.4 Å². The number of amides is 1. The Morgan fingerprint density at radius 2 is 2.09 bits per heavy atom. The molecule has 0 aliphatic carbocycles. The molecule has 1 fully saturated rings. The number of ether oxygens (including phenoxy) is 1. The maximum absolute atomic E-state index is 14.8. The van der Waals surface area contributed by atoms with Crippen LogP contribution < -0.4 is 21.3 Å². The van der Waals surface area contributed by atoms with Gasteiger partial charge in [-0.3, -0.25) is 14.5 Å². The van der Waals surface area contributed by atoms with E-state index in [1.807, 2.05) is 18.2 Å². The third-order valence-corrected chi connectivity index (χ3v) is 6.06. The number of anilines is 1. The van der Waals surface area contributed by atoms with Gasteiger partial charge < -0.3 is 20.8 Å². The molecule has 11 heteroatoms. The summed E-state index contributed by atoms with van der Waals surface area (Å²) in [5.41, 5.74) is 5.68. The Hall–Kier alpha value is -3.70.